The first kappa shape index (κ1) is 41.6. The molecule has 0 fully saturated rings. The number of aromatic nitrogens is 2. The Hall–Kier alpha value is -5.52. The van der Waals surface area contributed by atoms with Crippen molar-refractivity contribution in [3.8, 4) is 23.3 Å². The Morgan fingerprint density at radius 1 is 0.714 bits per heavy atom. The van der Waals surface area contributed by atoms with Crippen LogP contribution in [0.2, 0.25) is 0 Å². The Kier molecular flexibility index (Phi) is 12.4. The van der Waals surface area contributed by atoms with Gasteiger partial charge in [0, 0.05) is 35.5 Å². The third kappa shape index (κ3) is 9.64. The van der Waals surface area contributed by atoms with E-state index in [0.717, 1.165) is 12.5 Å². The number of rotatable bonds is 11. The predicted molar refractivity (Wildman–Crippen MR) is 207 cm³/mol. The van der Waals surface area contributed by atoms with E-state index in [0.29, 0.717) is 48.3 Å². The van der Waals surface area contributed by atoms with Gasteiger partial charge in [-0.3, -0.25) is 9.59 Å². The van der Waals surface area contributed by atoms with E-state index in [-0.39, 0.29) is 51.6 Å². The molecule has 0 spiro atoms. The van der Waals surface area contributed by atoms with Crippen molar-refractivity contribution in [3.63, 3.8) is 0 Å². The second kappa shape index (κ2) is 16.7. The Bertz CT molecular complexity index is 2750. The Labute approximate surface area is 328 Å². The van der Waals surface area contributed by atoms with E-state index in [2.05, 4.69) is 25.9 Å². The van der Waals surface area contributed by atoms with Gasteiger partial charge in [0.1, 0.15) is 23.1 Å². The second-order valence-electron chi connectivity index (χ2n) is 12.5. The molecule has 0 atom stereocenters. The van der Waals surface area contributed by atoms with Crippen molar-refractivity contribution in [2.75, 3.05) is 12.0 Å². The molecule has 2 N–H and O–H groups in total. The summed E-state index contributed by atoms with van der Waals surface area (Å²) < 4.78 is 86.8. The molecule has 0 saturated carbocycles. The molecule has 0 bridgehead atoms. The maximum Gasteiger partial charge on any atom is 0.307 e. The number of carboxylic acids is 2. The molecule has 6 rings (SSSR count). The topological polar surface area (TPSA) is 187 Å². The van der Waals surface area contributed by atoms with Crippen LogP contribution in [-0.4, -0.2) is 61.0 Å². The van der Waals surface area contributed by atoms with Crippen molar-refractivity contribution in [3.05, 3.63) is 117 Å². The fraction of sp³-hybridized carbons (Fsp3) is 0.179. The normalized spacial score (nSPS) is 11.6. The van der Waals surface area contributed by atoms with Crippen LogP contribution in [0.5, 0.6) is 23.3 Å². The molecule has 12 nitrogen and oxygen atoms in total. The molecule has 6 aromatic rings. The van der Waals surface area contributed by atoms with E-state index in [1.807, 2.05) is 0 Å². The third-order valence-electron chi connectivity index (χ3n) is 8.57. The largest absolute Gasteiger partial charge is 0.481 e. The summed E-state index contributed by atoms with van der Waals surface area (Å²) in [6.07, 6.45) is 2.99. The summed E-state index contributed by atoms with van der Waals surface area (Å²) in [5.74, 6) is -2.24. The molecule has 0 aliphatic carbocycles. The van der Waals surface area contributed by atoms with Gasteiger partial charge in [0.2, 0.25) is 11.8 Å². The van der Waals surface area contributed by atoms with Crippen LogP contribution in [0, 0.1) is 25.5 Å². The number of ether oxygens (including phenoxy) is 2. The van der Waals surface area contributed by atoms with Gasteiger partial charge in [-0.15, -0.1) is 0 Å². The summed E-state index contributed by atoms with van der Waals surface area (Å²) in [5, 5.41) is 20.5. The minimum absolute atomic E-state index is 0.0129. The number of carboxylic acid groups (broad SMARTS) is 2. The summed E-state index contributed by atoms with van der Waals surface area (Å²) in [6.45, 7) is 4.91. The molecule has 0 radical (unpaired) electrons. The van der Waals surface area contributed by atoms with Crippen LogP contribution >= 0.6 is 15.9 Å². The van der Waals surface area contributed by atoms with Gasteiger partial charge in [0.25, 0.3) is 0 Å². The summed E-state index contributed by atoms with van der Waals surface area (Å²) in [5.41, 5.74) is 2.13. The fourth-order valence-electron chi connectivity index (χ4n) is 5.61. The van der Waals surface area contributed by atoms with Crippen LogP contribution in [0.3, 0.4) is 0 Å². The molecule has 56 heavy (non-hydrogen) atoms. The SMILES string of the molecule is CCS(=O)(=O)c1ccc(Oc2c(C)c(CC(=O)O)cc3ccc(F)cc23)nc1.Cc1c(CC(=O)O)cc2ccc(F)cc2c1Oc1ncc(S(C)(=O)=O)cc1Br. The van der Waals surface area contributed by atoms with Crippen molar-refractivity contribution in [1.29, 1.82) is 0 Å². The number of fused-ring (bicyclic) bond motifs is 2. The zero-order chi connectivity index (χ0) is 41.1. The molecular weight excluding hydrogens is 838 g/mol. The Morgan fingerprint density at radius 2 is 1.21 bits per heavy atom. The van der Waals surface area contributed by atoms with Crippen LogP contribution in [0.15, 0.2) is 93.4 Å². The van der Waals surface area contributed by atoms with E-state index in [9.17, 15) is 35.2 Å². The minimum atomic E-state index is -3.45. The highest BCUT2D eigenvalue weighted by Gasteiger charge is 2.20. The molecule has 292 valence electrons. The Morgan fingerprint density at radius 3 is 1.64 bits per heavy atom. The average Bonchev–Trinajstić information content (AvgIpc) is 3.12. The van der Waals surface area contributed by atoms with Crippen LogP contribution in [0.1, 0.15) is 29.2 Å². The molecule has 17 heteroatoms. The van der Waals surface area contributed by atoms with Crippen LogP contribution in [0.25, 0.3) is 21.5 Å². The molecular formula is C39H33BrF2N2O10S2. The lowest BCUT2D eigenvalue weighted by Gasteiger charge is -2.16. The van der Waals surface area contributed by atoms with Gasteiger partial charge >= 0.3 is 11.9 Å². The number of sulfone groups is 2. The number of carbonyl (C=O) groups is 2. The zero-order valence-electron chi connectivity index (χ0n) is 30.1. The summed E-state index contributed by atoms with van der Waals surface area (Å²) in [7, 11) is -6.84. The number of halogens is 3. The van der Waals surface area contributed by atoms with Crippen LogP contribution in [0.4, 0.5) is 8.78 Å². The van der Waals surface area contributed by atoms with E-state index < -0.39 is 43.2 Å². The fourth-order valence-corrected chi connectivity index (χ4v) is 7.59. The van der Waals surface area contributed by atoms with Gasteiger partial charge in [-0.1, -0.05) is 31.2 Å². The van der Waals surface area contributed by atoms with Crippen molar-refractivity contribution in [1.82, 2.24) is 9.97 Å². The first-order valence-corrected chi connectivity index (χ1v) is 20.9. The van der Waals surface area contributed by atoms with Gasteiger partial charge < -0.3 is 19.7 Å². The molecule has 0 aliphatic rings. The van der Waals surface area contributed by atoms with Crippen LogP contribution in [-0.2, 0) is 42.1 Å². The highest BCUT2D eigenvalue weighted by atomic mass is 79.9. The average molecular weight is 872 g/mol. The van der Waals surface area contributed by atoms with Gasteiger partial charge in [0.15, 0.2) is 19.7 Å². The first-order valence-electron chi connectivity index (χ1n) is 16.5. The van der Waals surface area contributed by atoms with Crippen molar-refractivity contribution in [2.24, 2.45) is 0 Å². The van der Waals surface area contributed by atoms with Crippen molar-refractivity contribution in [2.45, 2.75) is 43.4 Å². The van der Waals surface area contributed by atoms with E-state index in [1.165, 1.54) is 61.7 Å². The molecule has 0 aliphatic heterocycles. The van der Waals surface area contributed by atoms with Gasteiger partial charge in [0.05, 0.1) is 32.9 Å². The minimum Gasteiger partial charge on any atom is -0.481 e. The summed E-state index contributed by atoms with van der Waals surface area (Å²) in [4.78, 5) is 30.5. The van der Waals surface area contributed by atoms with Crippen molar-refractivity contribution < 1.29 is 54.9 Å². The molecule has 0 saturated heterocycles. The maximum atomic E-state index is 13.8. The van der Waals surface area contributed by atoms with Gasteiger partial charge in [-0.25, -0.2) is 35.6 Å². The number of hydrogen-bond acceptors (Lipinski definition) is 10. The van der Waals surface area contributed by atoms with E-state index in [1.54, 1.807) is 32.0 Å². The lowest BCUT2D eigenvalue weighted by molar-refractivity contribution is -0.137. The van der Waals surface area contributed by atoms with E-state index >= 15 is 0 Å². The molecule has 2 aromatic heterocycles. The first-order chi connectivity index (χ1) is 26.3. The van der Waals surface area contributed by atoms with E-state index in [4.69, 9.17) is 19.7 Å². The second-order valence-corrected chi connectivity index (χ2v) is 17.7. The zero-order valence-corrected chi connectivity index (χ0v) is 33.4. The molecule has 0 amide bonds. The quantitative estimate of drug-likeness (QED) is 0.127. The lowest BCUT2D eigenvalue weighted by Crippen LogP contribution is -2.05. The predicted octanol–water partition coefficient (Wildman–Crippen LogP) is 8.16. The Balaban J connectivity index is 0.000000214. The van der Waals surface area contributed by atoms with Gasteiger partial charge in [-0.05, 0) is 99.2 Å². The molecule has 2 heterocycles. The number of aliphatic carboxylic acids is 2. The number of benzene rings is 4. The maximum absolute atomic E-state index is 13.8. The third-order valence-corrected chi connectivity index (χ3v) is 11.9. The van der Waals surface area contributed by atoms with Gasteiger partial charge in [-0.2, -0.15) is 0 Å². The van der Waals surface area contributed by atoms with Crippen LogP contribution < -0.4 is 9.47 Å². The monoisotopic (exact) mass is 870 g/mol. The highest BCUT2D eigenvalue weighted by Crippen LogP contribution is 2.39. The summed E-state index contributed by atoms with van der Waals surface area (Å²) in [6, 6.07) is 15.8. The smallest absolute Gasteiger partial charge is 0.307 e. The molecule has 0 unspecified atom stereocenters. The lowest BCUT2D eigenvalue weighted by atomic mass is 9.98. The summed E-state index contributed by atoms with van der Waals surface area (Å²) >= 11 is 3.24. The highest BCUT2D eigenvalue weighted by molar-refractivity contribution is 9.10. The standard InChI is InChI=1S/C20H18FNO5S.C19H15BrFNO5S/c1-3-28(25,26)16-6-7-18(22-11-16)27-20-12(2)14(9-19(23)24)8-13-4-5-15(21)10-17(13)20;1-10-12(6-17(23)24)5-11-3-4-13(21)7-15(11)18(10)27-19-16(20)8-14(9-22-19)28(2,25)26/h4-8,10-11H,3,9H2,1-2H3,(H,23,24);3-5,7-9H,6H2,1-2H3,(H,23,24). The number of pyridine rings is 2. The van der Waals surface area contributed by atoms with Crippen molar-refractivity contribution >= 4 is 69.1 Å². The number of nitrogens with zero attached hydrogens (tertiary/aromatic N) is 2. The number of hydrogen-bond donors (Lipinski definition) is 2. The molecule has 4 aromatic carbocycles.